The highest BCUT2D eigenvalue weighted by Crippen LogP contribution is 2.17. The summed E-state index contributed by atoms with van der Waals surface area (Å²) in [5.41, 5.74) is 7.14. The largest absolute Gasteiger partial charge is 0.369 e. The molecule has 0 saturated carbocycles. The van der Waals surface area contributed by atoms with Gasteiger partial charge in [-0.1, -0.05) is 36.4 Å². The minimum Gasteiger partial charge on any atom is -0.369 e. The molecule has 4 rings (SSSR count). The second-order valence-corrected chi connectivity index (χ2v) is 5.18. The zero-order chi connectivity index (χ0) is 15.1. The number of rotatable bonds is 2. The van der Waals surface area contributed by atoms with E-state index in [1.165, 1.54) is 10.8 Å². The van der Waals surface area contributed by atoms with E-state index in [-0.39, 0.29) is 23.9 Å². The molecule has 3 N–H and O–H groups in total. The lowest BCUT2D eigenvalue weighted by Gasteiger charge is -2.06. The fraction of sp³-hybridized carbons (Fsp3) is 0.0625. The molecule has 0 aliphatic heterocycles. The minimum absolute atomic E-state index is 0. The Labute approximate surface area is 137 Å². The molecule has 6 nitrogen and oxygen atoms in total. The molecule has 0 spiro atoms. The number of imidazole rings is 1. The van der Waals surface area contributed by atoms with Crippen LogP contribution in [0, 0.1) is 0 Å². The molecule has 0 saturated heterocycles. The van der Waals surface area contributed by atoms with Crippen molar-refractivity contribution < 1.29 is 0 Å². The normalized spacial score (nSPS) is 10.8. The Morgan fingerprint density at radius 3 is 2.74 bits per heavy atom. The summed E-state index contributed by atoms with van der Waals surface area (Å²) in [5, 5.41) is 2.36. The molecule has 0 unspecified atom stereocenters. The molecule has 7 heteroatoms. The first-order valence-corrected chi connectivity index (χ1v) is 6.89. The fourth-order valence-electron chi connectivity index (χ4n) is 2.66. The molecular formula is C16H14ClN5O. The van der Waals surface area contributed by atoms with Crippen LogP contribution in [0.2, 0.25) is 0 Å². The summed E-state index contributed by atoms with van der Waals surface area (Å²) < 4.78 is 1.78. The summed E-state index contributed by atoms with van der Waals surface area (Å²) in [6.07, 6.45) is 1.61. The first kappa shape index (κ1) is 15.1. The number of nitrogens with zero attached hydrogens (tertiary/aromatic N) is 3. The van der Waals surface area contributed by atoms with Crippen LogP contribution in [0.1, 0.15) is 5.56 Å². The van der Waals surface area contributed by atoms with E-state index in [4.69, 9.17) is 5.73 Å². The van der Waals surface area contributed by atoms with Gasteiger partial charge in [-0.25, -0.2) is 4.98 Å². The average molecular weight is 328 g/mol. The third-order valence-corrected chi connectivity index (χ3v) is 3.67. The highest BCUT2D eigenvalue weighted by molar-refractivity contribution is 5.85. The number of nitrogens with one attached hydrogen (secondary N) is 1. The Kier molecular flexibility index (Phi) is 3.75. The number of nitrogen functional groups attached to an aromatic ring is 1. The van der Waals surface area contributed by atoms with Gasteiger partial charge >= 0.3 is 0 Å². The number of benzene rings is 2. The maximum Gasteiger partial charge on any atom is 0.278 e. The smallest absolute Gasteiger partial charge is 0.278 e. The first-order chi connectivity index (χ1) is 10.7. The van der Waals surface area contributed by atoms with Crippen LogP contribution in [-0.4, -0.2) is 19.5 Å². The molecule has 2 heterocycles. The average Bonchev–Trinajstić information content (AvgIpc) is 2.90. The van der Waals surface area contributed by atoms with E-state index < -0.39 is 0 Å². The molecule has 0 aliphatic carbocycles. The Balaban J connectivity index is 0.00000156. The minimum atomic E-state index is -0.277. The lowest BCUT2D eigenvalue weighted by Crippen LogP contribution is -2.14. The summed E-state index contributed by atoms with van der Waals surface area (Å²) >= 11 is 0. The van der Waals surface area contributed by atoms with Crippen molar-refractivity contribution in [1.82, 2.24) is 19.5 Å². The van der Waals surface area contributed by atoms with Crippen LogP contribution in [0.4, 0.5) is 5.95 Å². The third kappa shape index (κ3) is 2.64. The summed E-state index contributed by atoms with van der Waals surface area (Å²) in [7, 11) is 0. The van der Waals surface area contributed by atoms with E-state index >= 15 is 0 Å². The fourth-order valence-corrected chi connectivity index (χ4v) is 2.66. The van der Waals surface area contributed by atoms with Crippen molar-refractivity contribution in [2.24, 2.45) is 0 Å². The summed E-state index contributed by atoms with van der Waals surface area (Å²) in [6, 6.07) is 14.4. The van der Waals surface area contributed by atoms with Crippen LogP contribution in [-0.2, 0) is 6.54 Å². The zero-order valence-corrected chi connectivity index (χ0v) is 12.9. The monoisotopic (exact) mass is 327 g/mol. The number of aromatic amines is 1. The van der Waals surface area contributed by atoms with Crippen molar-refractivity contribution in [3.8, 4) is 0 Å². The van der Waals surface area contributed by atoms with E-state index in [1.807, 2.05) is 18.2 Å². The van der Waals surface area contributed by atoms with Crippen molar-refractivity contribution in [2.45, 2.75) is 6.54 Å². The number of hydrogen-bond donors (Lipinski definition) is 2. The second kappa shape index (κ2) is 5.73. The molecule has 0 amide bonds. The number of halogens is 1. The second-order valence-electron chi connectivity index (χ2n) is 5.18. The van der Waals surface area contributed by atoms with Crippen LogP contribution in [0.5, 0.6) is 0 Å². The highest BCUT2D eigenvalue weighted by Gasteiger charge is 2.10. The molecule has 116 valence electrons. The molecule has 0 atom stereocenters. The van der Waals surface area contributed by atoms with Gasteiger partial charge in [0, 0.05) is 6.54 Å². The molecular weight excluding hydrogens is 314 g/mol. The van der Waals surface area contributed by atoms with E-state index in [0.29, 0.717) is 17.7 Å². The quantitative estimate of drug-likeness (QED) is 0.591. The van der Waals surface area contributed by atoms with E-state index in [9.17, 15) is 4.79 Å². The van der Waals surface area contributed by atoms with Crippen LogP contribution in [0.3, 0.4) is 0 Å². The van der Waals surface area contributed by atoms with Gasteiger partial charge in [-0.05, 0) is 22.4 Å². The molecule has 2 aromatic carbocycles. The SMILES string of the molecule is Cl.Nc1nc2ncn(Cc3ccc4ccccc4c3)c2c(=O)[nH]1. The first-order valence-electron chi connectivity index (χ1n) is 6.89. The standard InChI is InChI=1S/C16H13N5O.ClH/c17-16-19-14-13(15(22)20-16)21(9-18-14)8-10-5-6-11-3-1-2-4-12(11)7-10;/h1-7,9H,8H2,(H3,17,19,20,22);1H. The van der Waals surface area contributed by atoms with Crippen molar-refractivity contribution >= 4 is 40.3 Å². The Morgan fingerprint density at radius 2 is 1.91 bits per heavy atom. The topological polar surface area (TPSA) is 89.6 Å². The van der Waals surface area contributed by atoms with Gasteiger partial charge in [-0.2, -0.15) is 4.98 Å². The number of aromatic nitrogens is 4. The van der Waals surface area contributed by atoms with Gasteiger partial charge in [-0.3, -0.25) is 9.78 Å². The van der Waals surface area contributed by atoms with Gasteiger partial charge in [0.25, 0.3) is 5.56 Å². The van der Waals surface area contributed by atoms with Crippen LogP contribution in [0.25, 0.3) is 21.9 Å². The lowest BCUT2D eigenvalue weighted by atomic mass is 10.1. The molecule has 0 bridgehead atoms. The number of anilines is 1. The van der Waals surface area contributed by atoms with Crippen molar-refractivity contribution in [3.63, 3.8) is 0 Å². The summed E-state index contributed by atoms with van der Waals surface area (Å²) in [4.78, 5) is 22.7. The van der Waals surface area contributed by atoms with Crippen LogP contribution >= 0.6 is 12.4 Å². The molecule has 4 aromatic rings. The van der Waals surface area contributed by atoms with Crippen molar-refractivity contribution in [1.29, 1.82) is 0 Å². The predicted octanol–water partition coefficient (Wildman–Crippen LogP) is 2.33. The van der Waals surface area contributed by atoms with Gasteiger partial charge in [0.15, 0.2) is 11.2 Å². The highest BCUT2D eigenvalue weighted by atomic mass is 35.5. The molecule has 0 radical (unpaired) electrons. The van der Waals surface area contributed by atoms with E-state index in [2.05, 4.69) is 39.2 Å². The van der Waals surface area contributed by atoms with E-state index in [1.54, 1.807) is 10.9 Å². The van der Waals surface area contributed by atoms with Gasteiger partial charge in [0.2, 0.25) is 5.95 Å². The van der Waals surface area contributed by atoms with Crippen molar-refractivity contribution in [3.05, 3.63) is 64.7 Å². The third-order valence-electron chi connectivity index (χ3n) is 3.67. The number of nitrogens with two attached hydrogens (primary N) is 1. The molecule has 2 aromatic heterocycles. The number of fused-ring (bicyclic) bond motifs is 2. The summed E-state index contributed by atoms with van der Waals surface area (Å²) in [5.74, 6) is 0.0773. The van der Waals surface area contributed by atoms with Crippen molar-refractivity contribution in [2.75, 3.05) is 5.73 Å². The number of H-pyrrole nitrogens is 1. The van der Waals surface area contributed by atoms with Gasteiger partial charge < -0.3 is 10.3 Å². The van der Waals surface area contributed by atoms with E-state index in [0.717, 1.165) is 5.56 Å². The Morgan fingerprint density at radius 1 is 1.13 bits per heavy atom. The van der Waals surface area contributed by atoms with Crippen LogP contribution < -0.4 is 11.3 Å². The maximum atomic E-state index is 12.0. The van der Waals surface area contributed by atoms with Gasteiger partial charge in [-0.15, -0.1) is 12.4 Å². The molecule has 0 fully saturated rings. The predicted molar refractivity (Wildman–Crippen MR) is 92.9 cm³/mol. The Bertz CT molecular complexity index is 1050. The van der Waals surface area contributed by atoms with Gasteiger partial charge in [0.05, 0.1) is 6.33 Å². The lowest BCUT2D eigenvalue weighted by molar-refractivity contribution is 0.821. The zero-order valence-electron chi connectivity index (χ0n) is 12.1. The Hall–Kier alpha value is -2.86. The number of hydrogen-bond acceptors (Lipinski definition) is 4. The summed E-state index contributed by atoms with van der Waals surface area (Å²) in [6.45, 7) is 0.552. The van der Waals surface area contributed by atoms with Gasteiger partial charge in [0.1, 0.15) is 0 Å². The molecule has 0 aliphatic rings. The maximum absolute atomic E-state index is 12.0. The van der Waals surface area contributed by atoms with Crippen LogP contribution in [0.15, 0.2) is 53.6 Å². The molecule has 23 heavy (non-hydrogen) atoms.